The molecule has 1 aromatic carbocycles. The van der Waals surface area contributed by atoms with Crippen LogP contribution in [0.2, 0.25) is 0 Å². The molecule has 0 amide bonds. The predicted octanol–water partition coefficient (Wildman–Crippen LogP) is 2.06. The molecule has 4 heteroatoms. The molecule has 16 heavy (non-hydrogen) atoms. The van der Waals surface area contributed by atoms with Crippen molar-refractivity contribution in [2.75, 3.05) is 26.0 Å². The molecule has 0 heterocycles. The highest BCUT2D eigenvalue weighted by Gasteiger charge is 2.07. The summed E-state index contributed by atoms with van der Waals surface area (Å²) in [7, 11) is 3.93. The van der Waals surface area contributed by atoms with E-state index in [1.165, 1.54) is 6.07 Å². The molecule has 1 atom stereocenters. The lowest BCUT2D eigenvalue weighted by Crippen LogP contribution is -2.29. The van der Waals surface area contributed by atoms with E-state index in [4.69, 9.17) is 5.26 Å². The van der Waals surface area contributed by atoms with Crippen LogP contribution in [0.1, 0.15) is 12.5 Å². The van der Waals surface area contributed by atoms with E-state index in [0.717, 1.165) is 6.54 Å². The van der Waals surface area contributed by atoms with Crippen LogP contribution in [0.25, 0.3) is 0 Å². The molecular formula is C12H16FN3. The van der Waals surface area contributed by atoms with Crippen molar-refractivity contribution < 1.29 is 4.39 Å². The lowest BCUT2D eigenvalue weighted by Gasteiger charge is -2.19. The fourth-order valence-electron chi connectivity index (χ4n) is 1.56. The Morgan fingerprint density at radius 2 is 2.19 bits per heavy atom. The number of nitrogens with one attached hydrogen (secondary N) is 1. The number of hydrogen-bond donors (Lipinski definition) is 1. The van der Waals surface area contributed by atoms with Crippen molar-refractivity contribution in [2.24, 2.45) is 0 Å². The third kappa shape index (κ3) is 3.52. The number of likely N-dealkylation sites (N-methyl/N-ethyl adjacent to an activating group) is 1. The van der Waals surface area contributed by atoms with Crippen molar-refractivity contribution in [3.63, 3.8) is 0 Å². The zero-order valence-corrected chi connectivity index (χ0v) is 9.79. The molecule has 86 valence electrons. The Hall–Kier alpha value is -1.60. The minimum atomic E-state index is -0.385. The summed E-state index contributed by atoms with van der Waals surface area (Å²) < 4.78 is 13.5. The first-order valence-corrected chi connectivity index (χ1v) is 5.14. The van der Waals surface area contributed by atoms with Gasteiger partial charge in [-0.3, -0.25) is 0 Å². The number of nitrogens with zero attached hydrogens (tertiary/aromatic N) is 2. The van der Waals surface area contributed by atoms with Gasteiger partial charge in [-0.2, -0.15) is 5.26 Å². The van der Waals surface area contributed by atoms with Crippen molar-refractivity contribution in [2.45, 2.75) is 13.0 Å². The topological polar surface area (TPSA) is 39.1 Å². The summed E-state index contributed by atoms with van der Waals surface area (Å²) in [6.45, 7) is 2.80. The van der Waals surface area contributed by atoms with Crippen molar-refractivity contribution in [3.05, 3.63) is 29.6 Å². The van der Waals surface area contributed by atoms with E-state index >= 15 is 0 Å². The molecule has 0 aliphatic heterocycles. The van der Waals surface area contributed by atoms with Crippen molar-refractivity contribution >= 4 is 5.69 Å². The SMILES string of the molecule is CC(CN(C)C)Nc1ccc(C#N)cc1F. The summed E-state index contributed by atoms with van der Waals surface area (Å²) in [6.07, 6.45) is 0. The molecule has 0 aliphatic carbocycles. The maximum atomic E-state index is 13.5. The number of rotatable bonds is 4. The molecule has 0 radical (unpaired) electrons. The first kappa shape index (κ1) is 12.5. The summed E-state index contributed by atoms with van der Waals surface area (Å²) in [4.78, 5) is 2.03. The molecule has 3 nitrogen and oxygen atoms in total. The minimum Gasteiger partial charge on any atom is -0.379 e. The van der Waals surface area contributed by atoms with Crippen molar-refractivity contribution in [1.29, 1.82) is 5.26 Å². The van der Waals surface area contributed by atoms with Gasteiger partial charge in [0.2, 0.25) is 0 Å². The Kier molecular flexibility index (Phi) is 4.27. The van der Waals surface area contributed by atoms with Crippen molar-refractivity contribution in [3.8, 4) is 6.07 Å². The van der Waals surface area contributed by atoms with Gasteiger partial charge in [0.25, 0.3) is 0 Å². The maximum absolute atomic E-state index is 13.5. The van der Waals surface area contributed by atoms with Gasteiger partial charge in [-0.1, -0.05) is 0 Å². The Morgan fingerprint density at radius 3 is 2.69 bits per heavy atom. The molecule has 0 aromatic heterocycles. The van der Waals surface area contributed by atoms with E-state index in [1.807, 2.05) is 32.0 Å². The highest BCUT2D eigenvalue weighted by Crippen LogP contribution is 2.16. The molecule has 0 bridgehead atoms. The smallest absolute Gasteiger partial charge is 0.147 e. The summed E-state index contributed by atoms with van der Waals surface area (Å²) in [6, 6.07) is 6.50. The molecule has 0 fully saturated rings. The van der Waals surface area contributed by atoms with Gasteiger partial charge < -0.3 is 10.2 Å². The van der Waals surface area contributed by atoms with Gasteiger partial charge in [-0.05, 0) is 39.2 Å². The molecule has 0 aliphatic rings. The largest absolute Gasteiger partial charge is 0.379 e. The fraction of sp³-hybridized carbons (Fsp3) is 0.417. The molecule has 1 unspecified atom stereocenters. The van der Waals surface area contributed by atoms with Crippen LogP contribution >= 0.6 is 0 Å². The predicted molar refractivity (Wildman–Crippen MR) is 62.8 cm³/mol. The van der Waals surface area contributed by atoms with Gasteiger partial charge in [0, 0.05) is 12.6 Å². The number of benzene rings is 1. The second-order valence-corrected chi connectivity index (χ2v) is 4.11. The first-order chi connectivity index (χ1) is 7.52. The molecule has 1 aromatic rings. The summed E-state index contributed by atoms with van der Waals surface area (Å²) >= 11 is 0. The average molecular weight is 221 g/mol. The van der Waals surface area contributed by atoms with Gasteiger partial charge in [0.1, 0.15) is 5.82 Å². The highest BCUT2D eigenvalue weighted by atomic mass is 19.1. The third-order valence-electron chi connectivity index (χ3n) is 2.14. The summed E-state index contributed by atoms with van der Waals surface area (Å²) in [5.74, 6) is -0.385. The summed E-state index contributed by atoms with van der Waals surface area (Å²) in [5.41, 5.74) is 0.775. The number of halogens is 1. The average Bonchev–Trinajstić information content (AvgIpc) is 2.19. The second-order valence-electron chi connectivity index (χ2n) is 4.11. The fourth-order valence-corrected chi connectivity index (χ4v) is 1.56. The number of anilines is 1. The van der Waals surface area contributed by atoms with Crippen LogP contribution in [0.5, 0.6) is 0 Å². The lowest BCUT2D eigenvalue weighted by atomic mass is 10.2. The van der Waals surface area contributed by atoms with Crippen molar-refractivity contribution in [1.82, 2.24) is 4.90 Å². The Labute approximate surface area is 95.5 Å². The zero-order valence-electron chi connectivity index (χ0n) is 9.79. The Bertz CT molecular complexity index is 396. The van der Waals surface area contributed by atoms with Gasteiger partial charge in [0.15, 0.2) is 0 Å². The van der Waals surface area contributed by atoms with Gasteiger partial charge >= 0.3 is 0 Å². The van der Waals surface area contributed by atoms with Crippen LogP contribution in [0.4, 0.5) is 10.1 Å². The third-order valence-corrected chi connectivity index (χ3v) is 2.14. The van der Waals surface area contributed by atoms with E-state index in [-0.39, 0.29) is 11.9 Å². The summed E-state index contributed by atoms with van der Waals surface area (Å²) in [5, 5.41) is 11.7. The monoisotopic (exact) mass is 221 g/mol. The number of nitriles is 1. The van der Waals surface area contributed by atoms with E-state index in [2.05, 4.69) is 5.32 Å². The second kappa shape index (κ2) is 5.47. The van der Waals surface area contributed by atoms with E-state index in [0.29, 0.717) is 11.3 Å². The quantitative estimate of drug-likeness (QED) is 0.845. The van der Waals surface area contributed by atoms with Crippen LogP contribution in [-0.2, 0) is 0 Å². The normalized spacial score (nSPS) is 12.2. The molecule has 0 saturated heterocycles. The van der Waals surface area contributed by atoms with Gasteiger partial charge in [-0.15, -0.1) is 0 Å². The molecule has 0 saturated carbocycles. The molecule has 1 rings (SSSR count). The van der Waals surface area contributed by atoms with Crippen LogP contribution in [0, 0.1) is 17.1 Å². The Morgan fingerprint density at radius 1 is 1.50 bits per heavy atom. The lowest BCUT2D eigenvalue weighted by molar-refractivity contribution is 0.391. The number of hydrogen-bond acceptors (Lipinski definition) is 3. The minimum absolute atomic E-state index is 0.150. The van der Waals surface area contributed by atoms with E-state index in [1.54, 1.807) is 12.1 Å². The van der Waals surface area contributed by atoms with Crippen LogP contribution in [0.15, 0.2) is 18.2 Å². The van der Waals surface area contributed by atoms with Gasteiger partial charge in [-0.25, -0.2) is 4.39 Å². The highest BCUT2D eigenvalue weighted by molar-refractivity contribution is 5.49. The molecule has 1 N–H and O–H groups in total. The van der Waals surface area contributed by atoms with Crippen LogP contribution in [0.3, 0.4) is 0 Å². The standard InChI is InChI=1S/C12H16FN3/c1-9(8-16(2)3)15-12-5-4-10(7-14)6-11(12)13/h4-6,9,15H,8H2,1-3H3. The zero-order chi connectivity index (χ0) is 12.1. The van der Waals surface area contributed by atoms with Crippen LogP contribution in [-0.4, -0.2) is 31.6 Å². The molecule has 0 spiro atoms. The Balaban J connectivity index is 2.71. The van der Waals surface area contributed by atoms with Gasteiger partial charge in [0.05, 0.1) is 17.3 Å². The maximum Gasteiger partial charge on any atom is 0.147 e. The van der Waals surface area contributed by atoms with E-state index in [9.17, 15) is 4.39 Å². The molecular weight excluding hydrogens is 205 g/mol. The van der Waals surface area contributed by atoms with E-state index < -0.39 is 0 Å². The first-order valence-electron chi connectivity index (χ1n) is 5.14. The van der Waals surface area contributed by atoms with Crippen LogP contribution < -0.4 is 5.32 Å².